The van der Waals surface area contributed by atoms with E-state index in [0.29, 0.717) is 29.9 Å². The second-order valence-electron chi connectivity index (χ2n) is 7.17. The quantitative estimate of drug-likeness (QED) is 0.508. The van der Waals surface area contributed by atoms with E-state index in [1.807, 2.05) is 0 Å². The maximum absolute atomic E-state index is 13.2. The van der Waals surface area contributed by atoms with Gasteiger partial charge in [-0.2, -0.15) is 13.2 Å². The number of morpholine rings is 1. The topological polar surface area (TPSA) is 57.2 Å². The van der Waals surface area contributed by atoms with Crippen LogP contribution in [0.15, 0.2) is 42.5 Å². The van der Waals surface area contributed by atoms with Gasteiger partial charge in [0.1, 0.15) is 24.3 Å². The van der Waals surface area contributed by atoms with Crippen LogP contribution in [-0.2, 0) is 15.7 Å². The second-order valence-corrected chi connectivity index (χ2v) is 7.17. The van der Waals surface area contributed by atoms with Gasteiger partial charge in [-0.25, -0.2) is 4.39 Å². The fourth-order valence-corrected chi connectivity index (χ4v) is 3.36. The standard InChI is InChI=1S/C22H19F4NO5/c23-15-3-1-14(18(9-15)22(24,25)26)2-6-21(28)27-7-8-29-17(11-27)12-30-16-4-5-19-20(10-16)32-13-31-19/h1-6,9-10,17H,7-8,11-13H2/b6-2+. The van der Waals surface area contributed by atoms with Gasteiger partial charge in [-0.05, 0) is 35.9 Å². The van der Waals surface area contributed by atoms with Crippen LogP contribution in [0.4, 0.5) is 17.6 Å². The maximum atomic E-state index is 13.2. The fraction of sp³-hybridized carbons (Fsp3) is 0.318. The highest BCUT2D eigenvalue weighted by molar-refractivity contribution is 5.92. The van der Waals surface area contributed by atoms with Crippen LogP contribution in [0.1, 0.15) is 11.1 Å². The Hall–Kier alpha value is -3.27. The zero-order valence-electron chi connectivity index (χ0n) is 16.7. The lowest BCUT2D eigenvalue weighted by molar-refractivity contribution is -0.138. The minimum atomic E-state index is -4.74. The van der Waals surface area contributed by atoms with Crippen LogP contribution in [0.2, 0.25) is 0 Å². The van der Waals surface area contributed by atoms with Crippen molar-refractivity contribution in [3.05, 3.63) is 59.4 Å². The molecular weight excluding hydrogens is 434 g/mol. The molecule has 2 heterocycles. The van der Waals surface area contributed by atoms with Gasteiger partial charge < -0.3 is 23.8 Å². The molecule has 0 radical (unpaired) electrons. The first-order chi connectivity index (χ1) is 15.3. The van der Waals surface area contributed by atoms with E-state index < -0.39 is 29.6 Å². The van der Waals surface area contributed by atoms with Crippen LogP contribution in [0.3, 0.4) is 0 Å². The van der Waals surface area contributed by atoms with Crippen LogP contribution >= 0.6 is 0 Å². The third-order valence-electron chi connectivity index (χ3n) is 4.96. The molecule has 32 heavy (non-hydrogen) atoms. The SMILES string of the molecule is O=C(/C=C/c1ccc(F)cc1C(F)(F)F)N1CCOC(COc2ccc3c(c2)OCO3)C1. The van der Waals surface area contributed by atoms with E-state index in [1.54, 1.807) is 18.2 Å². The molecule has 2 aliphatic rings. The first-order valence-electron chi connectivity index (χ1n) is 9.77. The predicted octanol–water partition coefficient (Wildman–Crippen LogP) is 3.89. The minimum absolute atomic E-state index is 0.150. The summed E-state index contributed by atoms with van der Waals surface area (Å²) in [6.45, 7) is 1.09. The molecule has 1 unspecified atom stereocenters. The largest absolute Gasteiger partial charge is 0.491 e. The fourth-order valence-electron chi connectivity index (χ4n) is 3.36. The molecule has 0 saturated carbocycles. The molecule has 6 nitrogen and oxygen atoms in total. The molecule has 0 spiro atoms. The maximum Gasteiger partial charge on any atom is 0.417 e. The first kappa shape index (κ1) is 21.9. The van der Waals surface area contributed by atoms with Crippen molar-refractivity contribution in [2.45, 2.75) is 12.3 Å². The summed E-state index contributed by atoms with van der Waals surface area (Å²) in [5.74, 6) is 0.285. The molecule has 4 rings (SSSR count). The monoisotopic (exact) mass is 453 g/mol. The third-order valence-corrected chi connectivity index (χ3v) is 4.96. The number of ether oxygens (including phenoxy) is 4. The van der Waals surface area contributed by atoms with Crippen molar-refractivity contribution in [2.75, 3.05) is 33.1 Å². The van der Waals surface area contributed by atoms with Crippen LogP contribution in [0, 0.1) is 5.82 Å². The molecule has 0 aliphatic carbocycles. The van der Waals surface area contributed by atoms with Crippen LogP contribution in [0.25, 0.3) is 6.08 Å². The third kappa shape index (κ3) is 5.13. The number of hydrogen-bond acceptors (Lipinski definition) is 5. The minimum Gasteiger partial charge on any atom is -0.491 e. The highest BCUT2D eigenvalue weighted by Crippen LogP contribution is 2.35. The normalized spacial score (nSPS) is 18.2. The van der Waals surface area contributed by atoms with Gasteiger partial charge in [-0.1, -0.05) is 6.07 Å². The molecule has 2 aromatic rings. The smallest absolute Gasteiger partial charge is 0.417 e. The molecule has 1 amide bonds. The number of halogens is 4. The summed E-state index contributed by atoms with van der Waals surface area (Å²) in [6.07, 6.45) is -3.06. The van der Waals surface area contributed by atoms with E-state index in [1.165, 1.54) is 4.90 Å². The van der Waals surface area contributed by atoms with Crippen molar-refractivity contribution in [3.8, 4) is 17.2 Å². The van der Waals surface area contributed by atoms with Gasteiger partial charge in [0.25, 0.3) is 0 Å². The number of hydrogen-bond donors (Lipinski definition) is 0. The Balaban J connectivity index is 1.36. The average Bonchev–Trinajstić information content (AvgIpc) is 3.24. The van der Waals surface area contributed by atoms with Gasteiger partial charge in [0, 0.05) is 18.7 Å². The number of fused-ring (bicyclic) bond motifs is 1. The van der Waals surface area contributed by atoms with Gasteiger partial charge in [-0.15, -0.1) is 0 Å². The molecule has 1 atom stereocenters. The van der Waals surface area contributed by atoms with E-state index in [-0.39, 0.29) is 32.1 Å². The van der Waals surface area contributed by atoms with Crippen molar-refractivity contribution >= 4 is 12.0 Å². The summed E-state index contributed by atoms with van der Waals surface area (Å²) in [5, 5.41) is 0. The van der Waals surface area contributed by atoms with Gasteiger partial charge in [0.2, 0.25) is 12.7 Å². The summed E-state index contributed by atoms with van der Waals surface area (Å²) in [5.41, 5.74) is -1.43. The van der Waals surface area contributed by atoms with Gasteiger partial charge in [0.05, 0.1) is 18.7 Å². The Morgan fingerprint density at radius 1 is 1.16 bits per heavy atom. The molecule has 0 aromatic heterocycles. The Bertz CT molecular complexity index is 1020. The summed E-state index contributed by atoms with van der Waals surface area (Å²) >= 11 is 0. The molecular formula is C22H19F4NO5. The van der Waals surface area contributed by atoms with E-state index in [0.717, 1.165) is 24.3 Å². The van der Waals surface area contributed by atoms with Crippen molar-refractivity contribution in [1.29, 1.82) is 0 Å². The second kappa shape index (κ2) is 9.07. The van der Waals surface area contributed by atoms with Crippen molar-refractivity contribution in [1.82, 2.24) is 4.90 Å². The van der Waals surface area contributed by atoms with Crippen molar-refractivity contribution in [2.24, 2.45) is 0 Å². The van der Waals surface area contributed by atoms with Gasteiger partial charge in [0.15, 0.2) is 11.5 Å². The van der Waals surface area contributed by atoms with E-state index >= 15 is 0 Å². The average molecular weight is 453 g/mol. The lowest BCUT2D eigenvalue weighted by atomic mass is 10.1. The zero-order valence-corrected chi connectivity index (χ0v) is 16.7. The molecule has 0 N–H and O–H groups in total. The van der Waals surface area contributed by atoms with Crippen LogP contribution < -0.4 is 14.2 Å². The highest BCUT2D eigenvalue weighted by atomic mass is 19.4. The Labute approximate surface area is 180 Å². The van der Waals surface area contributed by atoms with Crippen molar-refractivity contribution < 1.29 is 41.3 Å². The Morgan fingerprint density at radius 2 is 1.97 bits per heavy atom. The lowest BCUT2D eigenvalue weighted by Crippen LogP contribution is -2.47. The van der Waals surface area contributed by atoms with Crippen LogP contribution in [0.5, 0.6) is 17.2 Å². The lowest BCUT2D eigenvalue weighted by Gasteiger charge is -2.32. The van der Waals surface area contributed by atoms with E-state index in [4.69, 9.17) is 18.9 Å². The molecule has 2 aromatic carbocycles. The molecule has 0 bridgehead atoms. The number of rotatable bonds is 5. The number of carbonyl (C=O) groups excluding carboxylic acids is 1. The summed E-state index contributed by atoms with van der Waals surface area (Å²) < 4.78 is 74.5. The summed E-state index contributed by atoms with van der Waals surface area (Å²) in [7, 11) is 0. The van der Waals surface area contributed by atoms with Crippen molar-refractivity contribution in [3.63, 3.8) is 0 Å². The molecule has 1 fully saturated rings. The molecule has 1 saturated heterocycles. The van der Waals surface area contributed by atoms with Gasteiger partial charge >= 0.3 is 6.18 Å². The predicted molar refractivity (Wildman–Crippen MR) is 105 cm³/mol. The number of amides is 1. The van der Waals surface area contributed by atoms with Gasteiger partial charge in [-0.3, -0.25) is 4.79 Å². The molecule has 170 valence electrons. The van der Waals surface area contributed by atoms with E-state index in [2.05, 4.69) is 0 Å². The number of nitrogens with zero attached hydrogens (tertiary/aromatic N) is 1. The number of benzene rings is 2. The Morgan fingerprint density at radius 3 is 2.78 bits per heavy atom. The molecule has 10 heteroatoms. The number of alkyl halides is 3. The summed E-state index contributed by atoms with van der Waals surface area (Å²) in [6, 6.07) is 7.45. The molecule has 2 aliphatic heterocycles. The zero-order chi connectivity index (χ0) is 22.7. The van der Waals surface area contributed by atoms with Crippen LogP contribution in [-0.4, -0.2) is 50.0 Å². The highest BCUT2D eigenvalue weighted by Gasteiger charge is 2.33. The first-order valence-corrected chi connectivity index (χ1v) is 9.77. The summed E-state index contributed by atoms with van der Waals surface area (Å²) in [4.78, 5) is 14.0. The Kier molecular flexibility index (Phi) is 6.22. The van der Waals surface area contributed by atoms with E-state index in [9.17, 15) is 22.4 Å². The number of carbonyl (C=O) groups is 1.